The molecule has 2 N–H and O–H groups in total. The van der Waals surface area contributed by atoms with Gasteiger partial charge in [0.05, 0.1) is 0 Å². The van der Waals surface area contributed by atoms with Crippen molar-refractivity contribution >= 4 is 32.5 Å². The van der Waals surface area contributed by atoms with Gasteiger partial charge in [0.15, 0.2) is 6.61 Å². The Hall–Kier alpha value is -2.90. The third-order valence-corrected chi connectivity index (χ3v) is 5.78. The van der Waals surface area contributed by atoms with Crippen molar-refractivity contribution in [3.05, 3.63) is 66.2 Å². The summed E-state index contributed by atoms with van der Waals surface area (Å²) in [6, 6.07) is 17.0. The first-order valence-corrected chi connectivity index (χ1v) is 10.8. The van der Waals surface area contributed by atoms with E-state index in [0.717, 1.165) is 6.42 Å². The van der Waals surface area contributed by atoms with Crippen LogP contribution in [0.25, 0.3) is 10.8 Å². The molecule has 0 aliphatic heterocycles. The third kappa shape index (κ3) is 4.93. The summed E-state index contributed by atoms with van der Waals surface area (Å²) in [6.45, 7) is 4.10. The summed E-state index contributed by atoms with van der Waals surface area (Å²) in [5, 5.41) is 3.57. The molecule has 152 valence electrons. The lowest BCUT2D eigenvalue weighted by Gasteiger charge is -2.12. The van der Waals surface area contributed by atoms with Gasteiger partial charge >= 0.3 is 0 Å². The maximum Gasteiger partial charge on any atom is 0.295 e. The molecular weight excluding hydrogens is 390 g/mol. The average Bonchev–Trinajstić information content (AvgIpc) is 2.71. The molecule has 0 fully saturated rings. The van der Waals surface area contributed by atoms with Crippen LogP contribution < -0.4 is 10.1 Å². The Bertz CT molecular complexity index is 1120. The van der Waals surface area contributed by atoms with E-state index in [0.29, 0.717) is 28.1 Å². The van der Waals surface area contributed by atoms with Crippen LogP contribution in [0.5, 0.6) is 5.75 Å². The van der Waals surface area contributed by atoms with Crippen molar-refractivity contribution in [1.82, 2.24) is 0 Å². The predicted octanol–water partition coefficient (Wildman–Crippen LogP) is 4.62. The van der Waals surface area contributed by atoms with Gasteiger partial charge in [0.2, 0.25) is 0 Å². The van der Waals surface area contributed by atoms with Gasteiger partial charge in [-0.05, 0) is 42.2 Å². The van der Waals surface area contributed by atoms with Gasteiger partial charge in [0, 0.05) is 16.5 Å². The zero-order valence-electron chi connectivity index (χ0n) is 16.3. The van der Waals surface area contributed by atoms with Gasteiger partial charge in [-0.3, -0.25) is 9.35 Å². The summed E-state index contributed by atoms with van der Waals surface area (Å²) in [5.41, 5.74) is 1.66. The van der Waals surface area contributed by atoms with E-state index in [2.05, 4.69) is 19.2 Å². The van der Waals surface area contributed by atoms with E-state index in [4.69, 9.17) is 4.74 Å². The fourth-order valence-corrected chi connectivity index (χ4v) is 3.78. The predicted molar refractivity (Wildman–Crippen MR) is 113 cm³/mol. The summed E-state index contributed by atoms with van der Waals surface area (Å²) in [6.07, 6.45) is 1.05. The number of benzene rings is 3. The number of ether oxygens (including phenoxy) is 1. The minimum absolute atomic E-state index is 0.183. The van der Waals surface area contributed by atoms with E-state index in [-0.39, 0.29) is 17.4 Å². The summed E-state index contributed by atoms with van der Waals surface area (Å²) >= 11 is 0. The highest BCUT2D eigenvalue weighted by Crippen LogP contribution is 2.28. The smallest absolute Gasteiger partial charge is 0.295 e. The minimum Gasteiger partial charge on any atom is -0.484 e. The topological polar surface area (TPSA) is 92.7 Å². The highest BCUT2D eigenvalue weighted by Gasteiger charge is 2.15. The summed E-state index contributed by atoms with van der Waals surface area (Å²) < 4.78 is 38.1. The van der Waals surface area contributed by atoms with Crippen molar-refractivity contribution in [2.75, 3.05) is 11.9 Å². The molecule has 29 heavy (non-hydrogen) atoms. The first-order valence-electron chi connectivity index (χ1n) is 9.31. The molecule has 0 radical (unpaired) electrons. The quantitative estimate of drug-likeness (QED) is 0.552. The van der Waals surface area contributed by atoms with E-state index in [1.165, 1.54) is 17.7 Å². The van der Waals surface area contributed by atoms with E-state index < -0.39 is 10.1 Å². The number of anilines is 1. The molecule has 1 atom stereocenters. The molecule has 3 aromatic carbocycles. The van der Waals surface area contributed by atoms with Gasteiger partial charge < -0.3 is 10.1 Å². The molecule has 0 spiro atoms. The van der Waals surface area contributed by atoms with E-state index >= 15 is 0 Å². The Kier molecular flexibility index (Phi) is 6.20. The fraction of sp³-hybridized carbons (Fsp3) is 0.227. The Balaban J connectivity index is 1.72. The standard InChI is InChI=1S/C22H23NO5S/c1-3-15(2)16-10-12-17(13-11-16)28-14-22(24)23-20-8-4-7-19-18(20)6-5-9-21(19)29(25,26)27/h4-13,15H,3,14H2,1-2H3,(H,23,24)(H,25,26,27). The maximum atomic E-state index is 12.3. The van der Waals surface area contributed by atoms with Gasteiger partial charge in [-0.25, -0.2) is 0 Å². The Morgan fingerprint density at radius 1 is 1.03 bits per heavy atom. The number of carbonyl (C=O) groups excluding carboxylic acids is 1. The van der Waals surface area contributed by atoms with Crippen LogP contribution in [-0.4, -0.2) is 25.5 Å². The number of hydrogen-bond donors (Lipinski definition) is 2. The summed E-state index contributed by atoms with van der Waals surface area (Å²) in [4.78, 5) is 12.1. The van der Waals surface area contributed by atoms with Gasteiger partial charge in [-0.2, -0.15) is 8.42 Å². The highest BCUT2D eigenvalue weighted by atomic mass is 32.2. The molecule has 0 saturated heterocycles. The van der Waals surface area contributed by atoms with Gasteiger partial charge in [-0.1, -0.05) is 50.2 Å². The molecule has 3 rings (SSSR count). The molecular formula is C22H23NO5S. The van der Waals surface area contributed by atoms with Crippen molar-refractivity contribution in [2.24, 2.45) is 0 Å². The fourth-order valence-electron chi connectivity index (χ4n) is 3.08. The number of amides is 1. The van der Waals surface area contributed by atoms with Gasteiger partial charge in [0.1, 0.15) is 10.6 Å². The SMILES string of the molecule is CCC(C)c1ccc(OCC(=O)Nc2cccc3c(S(=O)(=O)O)cccc23)cc1. The van der Waals surface area contributed by atoms with E-state index in [9.17, 15) is 17.8 Å². The Labute approximate surface area is 170 Å². The molecule has 0 aromatic heterocycles. The molecule has 0 heterocycles. The van der Waals surface area contributed by atoms with Crippen molar-refractivity contribution < 1.29 is 22.5 Å². The normalized spacial score (nSPS) is 12.5. The number of fused-ring (bicyclic) bond motifs is 1. The molecule has 6 nitrogen and oxygen atoms in total. The number of nitrogens with one attached hydrogen (secondary N) is 1. The highest BCUT2D eigenvalue weighted by molar-refractivity contribution is 7.86. The van der Waals surface area contributed by atoms with Crippen molar-refractivity contribution in [1.29, 1.82) is 0 Å². The maximum absolute atomic E-state index is 12.3. The molecule has 0 aliphatic rings. The monoisotopic (exact) mass is 413 g/mol. The lowest BCUT2D eigenvalue weighted by atomic mass is 9.99. The molecule has 7 heteroatoms. The third-order valence-electron chi connectivity index (χ3n) is 4.87. The van der Waals surface area contributed by atoms with E-state index in [1.807, 2.05) is 24.3 Å². The van der Waals surface area contributed by atoms with Crippen LogP contribution in [0.2, 0.25) is 0 Å². The van der Waals surface area contributed by atoms with Crippen LogP contribution in [0, 0.1) is 0 Å². The summed E-state index contributed by atoms with van der Waals surface area (Å²) in [7, 11) is -4.37. The zero-order valence-corrected chi connectivity index (χ0v) is 17.1. The largest absolute Gasteiger partial charge is 0.484 e. The number of rotatable bonds is 7. The second-order valence-corrected chi connectivity index (χ2v) is 8.24. The molecule has 0 aliphatic carbocycles. The molecule has 0 saturated carbocycles. The van der Waals surface area contributed by atoms with Crippen LogP contribution in [0.4, 0.5) is 5.69 Å². The molecule has 0 bridgehead atoms. The van der Waals surface area contributed by atoms with E-state index in [1.54, 1.807) is 24.3 Å². The Morgan fingerprint density at radius 2 is 1.69 bits per heavy atom. The first kappa shape index (κ1) is 20.8. The van der Waals surface area contributed by atoms with Gasteiger partial charge in [0.25, 0.3) is 16.0 Å². The van der Waals surface area contributed by atoms with Crippen molar-refractivity contribution in [2.45, 2.75) is 31.1 Å². The second kappa shape index (κ2) is 8.63. The first-order chi connectivity index (χ1) is 13.8. The van der Waals surface area contributed by atoms with Crippen LogP contribution in [-0.2, 0) is 14.9 Å². The average molecular weight is 413 g/mol. The zero-order chi connectivity index (χ0) is 21.0. The lowest BCUT2D eigenvalue weighted by Crippen LogP contribution is -2.20. The van der Waals surface area contributed by atoms with Gasteiger partial charge in [-0.15, -0.1) is 0 Å². The second-order valence-electron chi connectivity index (χ2n) is 6.85. The van der Waals surface area contributed by atoms with Crippen LogP contribution in [0.3, 0.4) is 0 Å². The molecule has 1 amide bonds. The lowest BCUT2D eigenvalue weighted by molar-refractivity contribution is -0.118. The number of carbonyl (C=O) groups is 1. The van der Waals surface area contributed by atoms with Crippen molar-refractivity contribution in [3.63, 3.8) is 0 Å². The van der Waals surface area contributed by atoms with Crippen LogP contribution in [0.15, 0.2) is 65.6 Å². The minimum atomic E-state index is -4.37. The van der Waals surface area contributed by atoms with Crippen LogP contribution in [0.1, 0.15) is 31.7 Å². The Morgan fingerprint density at radius 3 is 2.34 bits per heavy atom. The molecule has 1 unspecified atom stereocenters. The van der Waals surface area contributed by atoms with Crippen LogP contribution >= 0.6 is 0 Å². The van der Waals surface area contributed by atoms with Crippen molar-refractivity contribution in [3.8, 4) is 5.75 Å². The molecule has 3 aromatic rings. The number of hydrogen-bond acceptors (Lipinski definition) is 4. The summed E-state index contributed by atoms with van der Waals surface area (Å²) in [5.74, 6) is 0.686.